The predicted octanol–water partition coefficient (Wildman–Crippen LogP) is 2.20. The molecule has 0 aliphatic rings. The smallest absolute Gasteiger partial charge is 0.329 e. The first kappa shape index (κ1) is 15.5. The van der Waals surface area contributed by atoms with Gasteiger partial charge in [-0.1, -0.05) is 0 Å². The Hall–Kier alpha value is -0.500. The Bertz CT molecular complexity index is 184. The molecule has 0 bridgehead atoms. The Morgan fingerprint density at radius 1 is 1.00 bits per heavy atom. The molecule has 0 aliphatic heterocycles. The van der Waals surface area contributed by atoms with Crippen LogP contribution in [0.4, 0.5) is 26.3 Å². The molecule has 0 aliphatic carbocycles. The van der Waals surface area contributed by atoms with Crippen LogP contribution in [0, 0.1) is 0 Å². The van der Waals surface area contributed by atoms with Crippen molar-refractivity contribution in [3.05, 3.63) is 0 Å². The van der Waals surface area contributed by atoms with E-state index in [4.69, 9.17) is 5.73 Å². The lowest BCUT2D eigenvalue weighted by molar-refractivity contribution is -0.165. The quantitative estimate of drug-likeness (QED) is 0.736. The topological polar surface area (TPSA) is 38.0 Å². The van der Waals surface area contributed by atoms with E-state index in [0.29, 0.717) is 0 Å². The molecule has 1 atom stereocenters. The molecule has 0 saturated carbocycles. The Morgan fingerprint density at radius 2 is 1.38 bits per heavy atom. The van der Waals surface area contributed by atoms with Crippen molar-refractivity contribution in [1.29, 1.82) is 0 Å². The monoisotopic (exact) mass is 252 g/mol. The summed E-state index contributed by atoms with van der Waals surface area (Å²) in [5.74, 6) is 0. The summed E-state index contributed by atoms with van der Waals surface area (Å²) in [5.41, 5.74) is 5.12. The largest absolute Gasteiger partial charge is 0.390 e. The van der Waals surface area contributed by atoms with Gasteiger partial charge in [0.1, 0.15) is 0 Å². The number of nitrogens with two attached hydrogens (primary N) is 1. The molecular weight excluding hydrogens is 238 g/mol. The highest BCUT2D eigenvalue weighted by Gasteiger charge is 2.38. The zero-order valence-corrected chi connectivity index (χ0v) is 8.62. The second-order valence-corrected chi connectivity index (χ2v) is 3.64. The molecule has 2 nitrogen and oxygen atoms in total. The van der Waals surface area contributed by atoms with E-state index in [1.807, 2.05) is 0 Å². The second kappa shape index (κ2) is 5.72. The van der Waals surface area contributed by atoms with Gasteiger partial charge < -0.3 is 11.1 Å². The average Bonchev–Trinajstić information content (AvgIpc) is 1.97. The van der Waals surface area contributed by atoms with Gasteiger partial charge in [-0.25, -0.2) is 0 Å². The van der Waals surface area contributed by atoms with Gasteiger partial charge in [0.15, 0.2) is 0 Å². The number of rotatable bonds is 5. The fourth-order valence-corrected chi connectivity index (χ4v) is 1.22. The van der Waals surface area contributed by atoms with E-state index < -0.39 is 37.3 Å². The van der Waals surface area contributed by atoms with E-state index in [1.54, 1.807) is 0 Å². The number of hydrogen-bond donors (Lipinski definition) is 2. The van der Waals surface area contributed by atoms with Crippen LogP contribution in [0.3, 0.4) is 0 Å². The summed E-state index contributed by atoms with van der Waals surface area (Å²) in [6.07, 6.45) is -12.3. The zero-order valence-electron chi connectivity index (χ0n) is 8.62. The summed E-state index contributed by atoms with van der Waals surface area (Å²) < 4.78 is 72.0. The zero-order chi connectivity index (χ0) is 13.0. The molecule has 8 heteroatoms. The van der Waals surface area contributed by atoms with Gasteiger partial charge in [0, 0.05) is 18.6 Å². The highest BCUT2D eigenvalue weighted by molar-refractivity contribution is 4.77. The van der Waals surface area contributed by atoms with Crippen molar-refractivity contribution < 1.29 is 26.3 Å². The van der Waals surface area contributed by atoms with E-state index >= 15 is 0 Å². The molecule has 98 valence electrons. The molecule has 0 aromatic rings. The van der Waals surface area contributed by atoms with E-state index in [-0.39, 0.29) is 6.54 Å². The molecule has 0 heterocycles. The minimum atomic E-state index is -4.63. The van der Waals surface area contributed by atoms with E-state index in [1.165, 1.54) is 6.92 Å². The summed E-state index contributed by atoms with van der Waals surface area (Å²) in [4.78, 5) is 0. The molecule has 1 unspecified atom stereocenters. The van der Waals surface area contributed by atoms with Crippen LogP contribution >= 0.6 is 0 Å². The van der Waals surface area contributed by atoms with E-state index in [0.717, 1.165) is 0 Å². The van der Waals surface area contributed by atoms with Crippen molar-refractivity contribution in [3.63, 3.8) is 0 Å². The van der Waals surface area contributed by atoms with Gasteiger partial charge >= 0.3 is 12.4 Å². The first-order valence-corrected chi connectivity index (χ1v) is 4.63. The van der Waals surface area contributed by atoms with Gasteiger partial charge in [-0.3, -0.25) is 0 Å². The predicted molar refractivity (Wildman–Crippen MR) is 46.8 cm³/mol. The van der Waals surface area contributed by atoms with Crippen LogP contribution in [0.15, 0.2) is 0 Å². The third-order valence-electron chi connectivity index (χ3n) is 1.83. The normalized spacial score (nSPS) is 15.6. The lowest BCUT2D eigenvalue weighted by Crippen LogP contribution is -2.45. The summed E-state index contributed by atoms with van der Waals surface area (Å²) in [6.45, 7) is 1.41. The van der Waals surface area contributed by atoms with Crippen molar-refractivity contribution in [2.45, 2.75) is 44.2 Å². The Labute approximate surface area is 89.2 Å². The van der Waals surface area contributed by atoms with Crippen LogP contribution in [0.25, 0.3) is 0 Å². The summed E-state index contributed by atoms with van der Waals surface area (Å²) >= 11 is 0. The fraction of sp³-hybridized carbons (Fsp3) is 1.00. The maximum atomic E-state index is 12.0. The van der Waals surface area contributed by atoms with Crippen molar-refractivity contribution in [2.24, 2.45) is 5.73 Å². The molecule has 0 saturated heterocycles. The molecule has 0 rings (SSSR count). The maximum absolute atomic E-state index is 12.0. The van der Waals surface area contributed by atoms with E-state index in [2.05, 4.69) is 5.32 Å². The molecule has 0 radical (unpaired) electrons. The number of alkyl halides is 6. The van der Waals surface area contributed by atoms with Crippen LogP contribution in [0.5, 0.6) is 0 Å². The van der Waals surface area contributed by atoms with Crippen molar-refractivity contribution in [1.82, 2.24) is 5.32 Å². The summed E-state index contributed by atoms with van der Waals surface area (Å²) in [6, 6.07) is -2.27. The molecular formula is C8H14F6N2. The average molecular weight is 252 g/mol. The lowest BCUT2D eigenvalue weighted by Gasteiger charge is -2.24. The number of halogens is 6. The van der Waals surface area contributed by atoms with E-state index in [9.17, 15) is 26.3 Å². The molecule has 0 amide bonds. The number of nitrogens with one attached hydrogen (secondary N) is 1. The highest BCUT2D eigenvalue weighted by Crippen LogP contribution is 2.28. The van der Waals surface area contributed by atoms with Gasteiger partial charge in [0.05, 0.1) is 12.8 Å². The minimum Gasteiger partial charge on any atom is -0.329 e. The third kappa shape index (κ3) is 8.78. The third-order valence-corrected chi connectivity index (χ3v) is 1.83. The fourth-order valence-electron chi connectivity index (χ4n) is 1.22. The molecule has 0 aromatic heterocycles. The molecule has 3 N–H and O–H groups in total. The number of hydrogen-bond acceptors (Lipinski definition) is 2. The minimum absolute atomic E-state index is 0.0216. The first-order chi connectivity index (χ1) is 7.03. The van der Waals surface area contributed by atoms with Crippen LogP contribution in [0.2, 0.25) is 0 Å². The maximum Gasteiger partial charge on any atom is 0.390 e. The van der Waals surface area contributed by atoms with Crippen molar-refractivity contribution >= 4 is 0 Å². The van der Waals surface area contributed by atoms with Crippen LogP contribution in [-0.4, -0.2) is 31.0 Å². The summed E-state index contributed by atoms with van der Waals surface area (Å²) in [7, 11) is 0. The summed E-state index contributed by atoms with van der Waals surface area (Å²) in [5, 5.41) is 2.21. The SMILES string of the molecule is CC(CN)NC(CC(F)(F)F)CC(F)(F)F. The molecule has 0 fully saturated rings. The van der Waals surface area contributed by atoms with Crippen LogP contribution < -0.4 is 11.1 Å². The standard InChI is InChI=1S/C8H14F6N2/c1-5(4-15)16-6(2-7(9,10)11)3-8(12,13)14/h5-6,16H,2-4,15H2,1H3. The van der Waals surface area contributed by atoms with Gasteiger partial charge in [-0.15, -0.1) is 0 Å². The van der Waals surface area contributed by atoms with Crippen LogP contribution in [0.1, 0.15) is 19.8 Å². The highest BCUT2D eigenvalue weighted by atomic mass is 19.4. The second-order valence-electron chi connectivity index (χ2n) is 3.64. The Balaban J connectivity index is 4.39. The van der Waals surface area contributed by atoms with Crippen molar-refractivity contribution in [3.8, 4) is 0 Å². The van der Waals surface area contributed by atoms with Crippen molar-refractivity contribution in [2.75, 3.05) is 6.54 Å². The van der Waals surface area contributed by atoms with Gasteiger partial charge in [0.2, 0.25) is 0 Å². The molecule has 0 spiro atoms. The van der Waals surface area contributed by atoms with Crippen LogP contribution in [-0.2, 0) is 0 Å². The molecule has 16 heavy (non-hydrogen) atoms. The Morgan fingerprint density at radius 3 is 1.62 bits per heavy atom. The Kier molecular flexibility index (Phi) is 5.54. The molecule has 0 aromatic carbocycles. The first-order valence-electron chi connectivity index (χ1n) is 4.63. The van der Waals surface area contributed by atoms with Gasteiger partial charge in [-0.05, 0) is 6.92 Å². The van der Waals surface area contributed by atoms with Gasteiger partial charge in [0.25, 0.3) is 0 Å². The van der Waals surface area contributed by atoms with Gasteiger partial charge in [-0.2, -0.15) is 26.3 Å². The lowest BCUT2D eigenvalue weighted by atomic mass is 10.1.